The molecular weight excluding hydrogens is 238 g/mol. The van der Waals surface area contributed by atoms with E-state index in [2.05, 4.69) is 5.32 Å². The largest absolute Gasteiger partial charge is 0.478 e. The van der Waals surface area contributed by atoms with E-state index < -0.39 is 5.97 Å². The molecule has 1 unspecified atom stereocenters. The number of aromatic carboxylic acids is 1. The summed E-state index contributed by atoms with van der Waals surface area (Å²) in [5, 5.41) is 12.4. The molecule has 1 rings (SSSR count). The molecule has 94 valence electrons. The highest BCUT2D eigenvalue weighted by Gasteiger charge is 2.16. The maximum Gasteiger partial charge on any atom is 0.338 e. The van der Waals surface area contributed by atoms with Crippen molar-refractivity contribution in [1.82, 2.24) is 0 Å². The summed E-state index contributed by atoms with van der Waals surface area (Å²) in [5.74, 6) is -0.915. The van der Waals surface area contributed by atoms with Gasteiger partial charge in [-0.05, 0) is 25.3 Å². The predicted molar refractivity (Wildman–Crippen MR) is 70.1 cm³/mol. The number of anilines is 1. The molecule has 17 heavy (non-hydrogen) atoms. The molecule has 0 amide bonds. The van der Waals surface area contributed by atoms with Gasteiger partial charge in [-0.1, -0.05) is 6.07 Å². The second kappa shape index (κ2) is 6.51. The van der Waals surface area contributed by atoms with Crippen LogP contribution in [0.5, 0.6) is 0 Å². The van der Waals surface area contributed by atoms with E-state index in [0.717, 1.165) is 4.90 Å². The molecule has 1 atom stereocenters. The summed E-state index contributed by atoms with van der Waals surface area (Å²) in [4.78, 5) is 12.0. The van der Waals surface area contributed by atoms with Crippen LogP contribution in [0.25, 0.3) is 0 Å². The minimum atomic E-state index is -0.915. The van der Waals surface area contributed by atoms with Gasteiger partial charge in [0.15, 0.2) is 0 Å². The highest BCUT2D eigenvalue weighted by molar-refractivity contribution is 7.98. The highest BCUT2D eigenvalue weighted by Crippen LogP contribution is 2.27. The summed E-state index contributed by atoms with van der Waals surface area (Å²) in [6.07, 6.45) is 1.87. The first kappa shape index (κ1) is 13.9. The van der Waals surface area contributed by atoms with Gasteiger partial charge in [0.2, 0.25) is 0 Å². The van der Waals surface area contributed by atoms with Crippen molar-refractivity contribution >= 4 is 23.4 Å². The van der Waals surface area contributed by atoms with Gasteiger partial charge in [0.05, 0.1) is 17.9 Å². The molecule has 4 nitrogen and oxygen atoms in total. The lowest BCUT2D eigenvalue weighted by Crippen LogP contribution is -2.22. The van der Waals surface area contributed by atoms with E-state index in [9.17, 15) is 9.90 Å². The molecule has 1 aromatic rings. The number of benzene rings is 1. The number of carboxylic acid groups (broad SMARTS) is 1. The first-order valence-electron chi connectivity index (χ1n) is 5.26. The number of carboxylic acids is 1. The van der Waals surface area contributed by atoms with Gasteiger partial charge in [-0.25, -0.2) is 4.79 Å². The molecule has 2 N–H and O–H groups in total. The minimum absolute atomic E-state index is 0.0650. The molecule has 1 aromatic carbocycles. The van der Waals surface area contributed by atoms with Crippen molar-refractivity contribution in [3.8, 4) is 0 Å². The van der Waals surface area contributed by atoms with Crippen LogP contribution in [0.4, 0.5) is 5.69 Å². The number of ether oxygens (including phenoxy) is 1. The van der Waals surface area contributed by atoms with Crippen LogP contribution in [0.15, 0.2) is 23.1 Å². The lowest BCUT2D eigenvalue weighted by molar-refractivity contribution is 0.0694. The van der Waals surface area contributed by atoms with Gasteiger partial charge in [0.1, 0.15) is 0 Å². The first-order valence-corrected chi connectivity index (χ1v) is 6.48. The van der Waals surface area contributed by atoms with Crippen LogP contribution >= 0.6 is 11.8 Å². The van der Waals surface area contributed by atoms with Gasteiger partial charge >= 0.3 is 5.97 Å². The van der Waals surface area contributed by atoms with Crippen molar-refractivity contribution in [1.29, 1.82) is 0 Å². The van der Waals surface area contributed by atoms with Crippen LogP contribution in [-0.4, -0.2) is 37.1 Å². The number of hydrogen-bond acceptors (Lipinski definition) is 4. The molecule has 0 aliphatic rings. The van der Waals surface area contributed by atoms with Crippen molar-refractivity contribution in [3.63, 3.8) is 0 Å². The summed E-state index contributed by atoms with van der Waals surface area (Å²) in [5.41, 5.74) is 0.955. The molecule has 0 radical (unpaired) electrons. The maximum absolute atomic E-state index is 11.3. The van der Waals surface area contributed by atoms with E-state index in [4.69, 9.17) is 4.74 Å². The van der Waals surface area contributed by atoms with Crippen molar-refractivity contribution in [2.75, 3.05) is 25.3 Å². The zero-order valence-corrected chi connectivity index (χ0v) is 11.0. The average Bonchev–Trinajstić information content (AvgIpc) is 2.28. The molecule has 0 saturated carbocycles. The molecule has 0 aliphatic carbocycles. The third-order valence-electron chi connectivity index (χ3n) is 2.28. The van der Waals surface area contributed by atoms with Gasteiger partial charge in [0.25, 0.3) is 0 Å². The molecule has 5 heteroatoms. The summed E-state index contributed by atoms with van der Waals surface area (Å²) in [6.45, 7) is 2.48. The Kier molecular flexibility index (Phi) is 5.31. The Balaban J connectivity index is 3.02. The number of methoxy groups -OCH3 is 1. The predicted octanol–water partition coefficient (Wildman–Crippen LogP) is 2.55. The SMILES string of the molecule is COCC(C)Nc1cccc(SC)c1C(=O)O. The Hall–Kier alpha value is -1.20. The lowest BCUT2D eigenvalue weighted by Gasteiger charge is -2.17. The topological polar surface area (TPSA) is 58.6 Å². The van der Waals surface area contributed by atoms with Crippen molar-refractivity contribution in [3.05, 3.63) is 23.8 Å². The number of hydrogen-bond donors (Lipinski definition) is 2. The Morgan fingerprint density at radius 3 is 2.82 bits per heavy atom. The molecule has 0 aliphatic heterocycles. The molecule has 0 fully saturated rings. The van der Waals surface area contributed by atoms with Crippen molar-refractivity contribution < 1.29 is 14.6 Å². The molecule has 0 heterocycles. The number of thioether (sulfide) groups is 1. The van der Waals surface area contributed by atoms with E-state index in [1.54, 1.807) is 19.2 Å². The van der Waals surface area contributed by atoms with Crippen LogP contribution in [0.1, 0.15) is 17.3 Å². The van der Waals surface area contributed by atoms with E-state index in [1.165, 1.54) is 11.8 Å². The molecule has 0 bridgehead atoms. The Morgan fingerprint density at radius 1 is 1.59 bits per heavy atom. The first-order chi connectivity index (χ1) is 8.10. The van der Waals surface area contributed by atoms with Crippen LogP contribution in [-0.2, 0) is 4.74 Å². The fourth-order valence-corrected chi connectivity index (χ4v) is 2.22. The Morgan fingerprint density at radius 2 is 2.29 bits per heavy atom. The van der Waals surface area contributed by atoms with Gasteiger partial charge in [-0.3, -0.25) is 0 Å². The summed E-state index contributed by atoms with van der Waals surface area (Å²) in [7, 11) is 1.62. The van der Waals surface area contributed by atoms with Gasteiger partial charge in [-0.15, -0.1) is 11.8 Å². The van der Waals surface area contributed by atoms with Gasteiger partial charge < -0.3 is 15.2 Å². The van der Waals surface area contributed by atoms with E-state index >= 15 is 0 Å². The van der Waals surface area contributed by atoms with E-state index in [0.29, 0.717) is 17.9 Å². The van der Waals surface area contributed by atoms with E-state index in [1.807, 2.05) is 19.2 Å². The summed E-state index contributed by atoms with van der Waals surface area (Å²) < 4.78 is 5.02. The summed E-state index contributed by atoms with van der Waals surface area (Å²) in [6, 6.07) is 5.49. The van der Waals surface area contributed by atoms with Crippen molar-refractivity contribution in [2.24, 2.45) is 0 Å². The Labute approximate surface area is 105 Å². The standard InChI is InChI=1S/C12H17NO3S/c1-8(7-16-2)13-9-5-4-6-10(17-3)11(9)12(14)15/h4-6,8,13H,7H2,1-3H3,(H,14,15). The minimum Gasteiger partial charge on any atom is -0.478 e. The smallest absolute Gasteiger partial charge is 0.338 e. The molecule has 0 aromatic heterocycles. The zero-order valence-electron chi connectivity index (χ0n) is 10.2. The van der Waals surface area contributed by atoms with Crippen LogP contribution < -0.4 is 5.32 Å². The second-order valence-electron chi connectivity index (χ2n) is 3.69. The Bertz CT molecular complexity index is 395. The van der Waals surface area contributed by atoms with Crippen LogP contribution in [0, 0.1) is 0 Å². The molecule has 0 saturated heterocycles. The fraction of sp³-hybridized carbons (Fsp3) is 0.417. The van der Waals surface area contributed by atoms with Crippen molar-refractivity contribution in [2.45, 2.75) is 17.9 Å². The number of carbonyl (C=O) groups is 1. The second-order valence-corrected chi connectivity index (χ2v) is 4.54. The van der Waals surface area contributed by atoms with E-state index in [-0.39, 0.29) is 6.04 Å². The fourth-order valence-electron chi connectivity index (χ4n) is 1.60. The zero-order chi connectivity index (χ0) is 12.8. The quantitative estimate of drug-likeness (QED) is 0.765. The number of nitrogens with one attached hydrogen (secondary N) is 1. The van der Waals surface area contributed by atoms with Gasteiger partial charge in [-0.2, -0.15) is 0 Å². The molecule has 0 spiro atoms. The average molecular weight is 255 g/mol. The third kappa shape index (κ3) is 3.64. The van der Waals surface area contributed by atoms with Gasteiger partial charge in [0, 0.05) is 18.0 Å². The summed E-state index contributed by atoms with van der Waals surface area (Å²) >= 11 is 1.43. The number of rotatable bonds is 6. The van der Waals surface area contributed by atoms with Crippen LogP contribution in [0.2, 0.25) is 0 Å². The normalized spacial score (nSPS) is 12.2. The third-order valence-corrected chi connectivity index (χ3v) is 3.06. The van der Waals surface area contributed by atoms with Crippen LogP contribution in [0.3, 0.4) is 0 Å². The molecular formula is C12H17NO3S. The lowest BCUT2D eigenvalue weighted by atomic mass is 10.1. The highest BCUT2D eigenvalue weighted by atomic mass is 32.2. The monoisotopic (exact) mass is 255 g/mol. The maximum atomic E-state index is 11.3.